The van der Waals surface area contributed by atoms with Crippen molar-refractivity contribution in [1.29, 1.82) is 0 Å². The third-order valence-electron chi connectivity index (χ3n) is 3.20. The molecule has 0 saturated carbocycles. The molecule has 25 heavy (non-hydrogen) atoms. The first-order valence-electron chi connectivity index (χ1n) is 8.22. The molecule has 2 rings (SSSR count). The van der Waals surface area contributed by atoms with E-state index in [9.17, 15) is 9.59 Å². The smallest absolute Gasteiger partial charge is 0.408 e. The zero-order valence-electron chi connectivity index (χ0n) is 15.3. The highest BCUT2D eigenvalue weighted by Gasteiger charge is 2.27. The lowest BCUT2D eigenvalue weighted by atomic mass is 10.1. The fourth-order valence-corrected chi connectivity index (χ4v) is 2.26. The second-order valence-corrected chi connectivity index (χ2v) is 7.08. The lowest BCUT2D eigenvalue weighted by Gasteiger charge is -2.23. The molecule has 0 spiro atoms. The van der Waals surface area contributed by atoms with E-state index in [-0.39, 0.29) is 19.3 Å². The van der Waals surface area contributed by atoms with Crippen LogP contribution in [0.15, 0.2) is 18.2 Å². The number of amides is 1. The minimum absolute atomic E-state index is 0.174. The quantitative estimate of drug-likeness (QED) is 0.822. The summed E-state index contributed by atoms with van der Waals surface area (Å²) in [5.41, 5.74) is 0.154. The predicted octanol–water partition coefficient (Wildman–Crippen LogP) is 2.80. The molecule has 0 fully saturated rings. The highest BCUT2D eigenvalue weighted by atomic mass is 16.7. The molecule has 1 aliphatic heterocycles. The van der Waals surface area contributed by atoms with Crippen molar-refractivity contribution in [2.75, 3.05) is 6.79 Å². The van der Waals surface area contributed by atoms with Crippen molar-refractivity contribution in [2.24, 2.45) is 0 Å². The number of rotatable bonds is 5. The van der Waals surface area contributed by atoms with Crippen LogP contribution in [0.2, 0.25) is 0 Å². The standard InChI is InChI=1S/C18H25NO6/c1-11(2)24-16(20)13(19-17(21)25-18(3,4)5)8-12-6-7-14-15(9-12)23-10-22-14/h6-7,9,11,13H,8,10H2,1-5H3,(H,19,21). The molecule has 1 heterocycles. The van der Waals surface area contributed by atoms with Crippen molar-refractivity contribution in [2.45, 2.75) is 58.8 Å². The Hall–Kier alpha value is -2.44. The number of alkyl carbamates (subject to hydrolysis) is 1. The highest BCUT2D eigenvalue weighted by molar-refractivity contribution is 5.82. The number of hydrogen-bond acceptors (Lipinski definition) is 6. The van der Waals surface area contributed by atoms with E-state index in [4.69, 9.17) is 18.9 Å². The van der Waals surface area contributed by atoms with Gasteiger partial charge in [0.25, 0.3) is 0 Å². The number of fused-ring (bicyclic) bond motifs is 1. The summed E-state index contributed by atoms with van der Waals surface area (Å²) in [5.74, 6) is 0.759. The number of carbonyl (C=O) groups excluding carboxylic acids is 2. The van der Waals surface area contributed by atoms with Gasteiger partial charge in [0.2, 0.25) is 6.79 Å². The molecule has 0 aromatic heterocycles. The van der Waals surface area contributed by atoms with Crippen molar-refractivity contribution in [3.8, 4) is 11.5 Å². The van der Waals surface area contributed by atoms with Gasteiger partial charge in [-0.1, -0.05) is 6.07 Å². The lowest BCUT2D eigenvalue weighted by Crippen LogP contribution is -2.46. The molecule has 1 unspecified atom stereocenters. The SMILES string of the molecule is CC(C)OC(=O)C(Cc1ccc2c(c1)OCO2)NC(=O)OC(C)(C)C. The molecule has 1 N–H and O–H groups in total. The van der Waals surface area contributed by atoms with Gasteiger partial charge in [0.15, 0.2) is 11.5 Å². The fraction of sp³-hybridized carbons (Fsp3) is 0.556. The number of nitrogens with one attached hydrogen (secondary N) is 1. The second kappa shape index (κ2) is 7.63. The van der Waals surface area contributed by atoms with Crippen LogP contribution < -0.4 is 14.8 Å². The van der Waals surface area contributed by atoms with E-state index in [2.05, 4.69) is 5.32 Å². The molecule has 1 atom stereocenters. The summed E-state index contributed by atoms with van der Waals surface area (Å²) in [6, 6.07) is 4.52. The van der Waals surface area contributed by atoms with Crippen LogP contribution in [0.3, 0.4) is 0 Å². The maximum atomic E-state index is 12.3. The molecule has 0 aliphatic carbocycles. The summed E-state index contributed by atoms with van der Waals surface area (Å²) in [6.07, 6.45) is -0.701. The van der Waals surface area contributed by atoms with Crippen molar-refractivity contribution >= 4 is 12.1 Å². The van der Waals surface area contributed by atoms with E-state index >= 15 is 0 Å². The first-order valence-corrected chi connectivity index (χ1v) is 8.22. The van der Waals surface area contributed by atoms with E-state index < -0.39 is 23.7 Å². The number of carbonyl (C=O) groups is 2. The molecule has 1 aliphatic rings. The number of ether oxygens (including phenoxy) is 4. The third-order valence-corrected chi connectivity index (χ3v) is 3.20. The van der Waals surface area contributed by atoms with Crippen LogP contribution in [-0.4, -0.2) is 36.6 Å². The van der Waals surface area contributed by atoms with Crippen LogP contribution >= 0.6 is 0 Å². The van der Waals surface area contributed by atoms with Gasteiger partial charge in [-0.25, -0.2) is 9.59 Å². The molecule has 1 aromatic carbocycles. The van der Waals surface area contributed by atoms with Crippen molar-refractivity contribution in [3.63, 3.8) is 0 Å². The number of esters is 1. The van der Waals surface area contributed by atoms with Gasteiger partial charge in [-0.3, -0.25) is 0 Å². The monoisotopic (exact) mass is 351 g/mol. The summed E-state index contributed by atoms with van der Waals surface area (Å²) in [5, 5.41) is 2.59. The van der Waals surface area contributed by atoms with Gasteiger partial charge in [0.05, 0.1) is 6.10 Å². The largest absolute Gasteiger partial charge is 0.461 e. The molecule has 1 amide bonds. The Bertz CT molecular complexity index is 635. The molecule has 0 bridgehead atoms. The first kappa shape index (κ1) is 18.9. The third kappa shape index (κ3) is 5.85. The van der Waals surface area contributed by atoms with Gasteiger partial charge in [0, 0.05) is 6.42 Å². The average Bonchev–Trinajstić information content (AvgIpc) is 2.91. The molecule has 0 saturated heterocycles. The topological polar surface area (TPSA) is 83.1 Å². The number of benzene rings is 1. The van der Waals surface area contributed by atoms with Crippen LogP contribution in [0.4, 0.5) is 4.79 Å². The van der Waals surface area contributed by atoms with Gasteiger partial charge in [-0.15, -0.1) is 0 Å². The van der Waals surface area contributed by atoms with E-state index in [1.807, 2.05) is 6.07 Å². The summed E-state index contributed by atoms with van der Waals surface area (Å²) in [6.45, 7) is 8.95. The van der Waals surface area contributed by atoms with Crippen molar-refractivity contribution in [3.05, 3.63) is 23.8 Å². The van der Waals surface area contributed by atoms with Crippen LogP contribution in [0, 0.1) is 0 Å². The van der Waals surface area contributed by atoms with Crippen LogP contribution in [0.25, 0.3) is 0 Å². The molecule has 7 heteroatoms. The molecule has 7 nitrogen and oxygen atoms in total. The Morgan fingerprint density at radius 1 is 1.20 bits per heavy atom. The van der Waals surface area contributed by atoms with Gasteiger partial charge < -0.3 is 24.3 Å². The Morgan fingerprint density at radius 2 is 1.88 bits per heavy atom. The Labute approximate surface area is 147 Å². The summed E-state index contributed by atoms with van der Waals surface area (Å²) >= 11 is 0. The van der Waals surface area contributed by atoms with Crippen LogP contribution in [0.5, 0.6) is 11.5 Å². The normalized spacial score (nSPS) is 14.2. The maximum absolute atomic E-state index is 12.3. The zero-order chi connectivity index (χ0) is 18.6. The summed E-state index contributed by atoms with van der Waals surface area (Å²) < 4.78 is 21.1. The summed E-state index contributed by atoms with van der Waals surface area (Å²) in [7, 11) is 0. The summed E-state index contributed by atoms with van der Waals surface area (Å²) in [4.78, 5) is 24.4. The van der Waals surface area contributed by atoms with E-state index in [0.29, 0.717) is 11.5 Å². The molecule has 138 valence electrons. The maximum Gasteiger partial charge on any atom is 0.408 e. The molecular weight excluding hydrogens is 326 g/mol. The van der Waals surface area contributed by atoms with Crippen molar-refractivity contribution in [1.82, 2.24) is 5.32 Å². The fourth-order valence-electron chi connectivity index (χ4n) is 2.26. The first-order chi connectivity index (χ1) is 11.6. The van der Waals surface area contributed by atoms with Gasteiger partial charge >= 0.3 is 12.1 Å². The molecule has 1 aromatic rings. The Morgan fingerprint density at radius 3 is 2.52 bits per heavy atom. The highest BCUT2D eigenvalue weighted by Crippen LogP contribution is 2.32. The Balaban J connectivity index is 2.10. The second-order valence-electron chi connectivity index (χ2n) is 7.08. The molecule has 0 radical (unpaired) electrons. The minimum Gasteiger partial charge on any atom is -0.461 e. The lowest BCUT2D eigenvalue weighted by molar-refractivity contribution is -0.149. The van der Waals surface area contributed by atoms with E-state index in [0.717, 1.165) is 5.56 Å². The van der Waals surface area contributed by atoms with Gasteiger partial charge in [-0.05, 0) is 52.3 Å². The molecular formula is C18H25NO6. The van der Waals surface area contributed by atoms with Crippen LogP contribution in [0.1, 0.15) is 40.2 Å². The average molecular weight is 351 g/mol. The minimum atomic E-state index is -0.863. The van der Waals surface area contributed by atoms with Gasteiger partial charge in [-0.2, -0.15) is 0 Å². The predicted molar refractivity (Wildman–Crippen MR) is 90.7 cm³/mol. The van der Waals surface area contributed by atoms with E-state index in [1.165, 1.54) is 0 Å². The Kier molecular flexibility index (Phi) is 5.77. The van der Waals surface area contributed by atoms with E-state index in [1.54, 1.807) is 46.8 Å². The van der Waals surface area contributed by atoms with Gasteiger partial charge in [0.1, 0.15) is 11.6 Å². The zero-order valence-corrected chi connectivity index (χ0v) is 15.3. The van der Waals surface area contributed by atoms with Crippen LogP contribution in [-0.2, 0) is 20.7 Å². The van der Waals surface area contributed by atoms with Crippen molar-refractivity contribution < 1.29 is 28.5 Å². The number of hydrogen-bond donors (Lipinski definition) is 1.